The van der Waals surface area contributed by atoms with Gasteiger partial charge in [0.05, 0.1) is 5.56 Å². The average Bonchev–Trinajstić information content (AvgIpc) is 3.58. The Balaban J connectivity index is 1.32. The maximum absolute atomic E-state index is 12.6. The van der Waals surface area contributed by atoms with E-state index in [9.17, 15) is 9.90 Å². The number of rotatable bonds is 7. The Hall–Kier alpha value is -3.77. The zero-order valence-electron chi connectivity index (χ0n) is 18.4. The Morgan fingerprint density at radius 3 is 2.76 bits per heavy atom. The van der Waals surface area contributed by atoms with Crippen molar-refractivity contribution in [3.63, 3.8) is 0 Å². The number of fused-ring (bicyclic) bond motifs is 1. The summed E-state index contributed by atoms with van der Waals surface area (Å²) in [5.74, 6) is 1.17. The average molecular weight is 442 g/mol. The smallest absolute Gasteiger partial charge is 0.251 e. The number of carbonyl (C=O) groups is 1. The molecular weight excluding hydrogens is 414 g/mol. The molecule has 3 N–H and O–H groups in total. The number of hydrogen-bond acceptors (Lipinski definition) is 4. The molecule has 1 saturated heterocycles. The molecule has 0 saturated carbocycles. The van der Waals surface area contributed by atoms with Gasteiger partial charge in [-0.25, -0.2) is 0 Å². The Morgan fingerprint density at radius 2 is 1.91 bits per heavy atom. The summed E-state index contributed by atoms with van der Waals surface area (Å²) in [6, 6.07) is 18.8. The van der Waals surface area contributed by atoms with E-state index < -0.39 is 0 Å². The number of likely N-dealkylation sites (tertiary alicyclic amines) is 1. The zero-order valence-corrected chi connectivity index (χ0v) is 18.4. The Bertz CT molecular complexity index is 1310. The molecule has 3 heterocycles. The van der Waals surface area contributed by atoms with Crippen LogP contribution >= 0.6 is 0 Å². The number of furan rings is 1. The van der Waals surface area contributed by atoms with E-state index in [1.165, 1.54) is 12.8 Å². The molecule has 168 valence electrons. The van der Waals surface area contributed by atoms with Crippen LogP contribution in [0.4, 0.5) is 0 Å². The molecule has 0 radical (unpaired) electrons. The lowest BCUT2D eigenvalue weighted by Gasteiger charge is -2.14. The van der Waals surface area contributed by atoms with Crippen LogP contribution in [0.5, 0.6) is 5.88 Å². The Labute approximate surface area is 192 Å². The van der Waals surface area contributed by atoms with Gasteiger partial charge in [0.1, 0.15) is 11.5 Å². The first-order chi connectivity index (χ1) is 16.1. The predicted molar refractivity (Wildman–Crippen MR) is 130 cm³/mol. The zero-order chi connectivity index (χ0) is 22.8. The molecule has 2 aromatic heterocycles. The van der Waals surface area contributed by atoms with Gasteiger partial charge in [-0.2, -0.15) is 0 Å². The van der Waals surface area contributed by atoms with Gasteiger partial charge in [0.25, 0.3) is 5.91 Å². The van der Waals surface area contributed by atoms with Crippen LogP contribution in [0, 0.1) is 0 Å². The van der Waals surface area contributed by atoms with Crippen LogP contribution in [0.2, 0.25) is 0 Å². The van der Waals surface area contributed by atoms with Crippen molar-refractivity contribution in [2.45, 2.75) is 12.8 Å². The predicted octanol–water partition coefficient (Wildman–Crippen LogP) is 5.02. The van der Waals surface area contributed by atoms with E-state index in [0.29, 0.717) is 34.8 Å². The van der Waals surface area contributed by atoms with Crippen LogP contribution in [-0.2, 0) is 0 Å². The minimum Gasteiger partial charge on any atom is -0.494 e. The summed E-state index contributed by atoms with van der Waals surface area (Å²) >= 11 is 0. The second-order valence-corrected chi connectivity index (χ2v) is 8.42. The third kappa shape index (κ3) is 4.30. The second-order valence-electron chi connectivity index (χ2n) is 8.42. The second kappa shape index (κ2) is 9.00. The molecule has 6 heteroatoms. The Kier molecular flexibility index (Phi) is 5.75. The van der Waals surface area contributed by atoms with E-state index >= 15 is 0 Å². The quantitative estimate of drug-likeness (QED) is 0.376. The molecule has 0 spiro atoms. The number of H-pyrrole nitrogens is 1. The number of nitrogens with zero attached hydrogens (tertiary/aromatic N) is 1. The van der Waals surface area contributed by atoms with Crippen LogP contribution in [-0.4, -0.2) is 47.1 Å². The van der Waals surface area contributed by atoms with Crippen molar-refractivity contribution in [2.24, 2.45) is 0 Å². The van der Waals surface area contributed by atoms with E-state index in [4.69, 9.17) is 4.42 Å². The minimum atomic E-state index is -0.0871. The first-order valence-electron chi connectivity index (χ1n) is 11.3. The van der Waals surface area contributed by atoms with Crippen LogP contribution in [0.25, 0.3) is 27.8 Å². The van der Waals surface area contributed by atoms with Gasteiger partial charge in [-0.15, -0.1) is 0 Å². The van der Waals surface area contributed by atoms with Gasteiger partial charge in [0.15, 0.2) is 5.88 Å². The summed E-state index contributed by atoms with van der Waals surface area (Å²) in [5.41, 5.74) is 3.45. The number of nitrogens with one attached hydrogen (secondary N) is 2. The number of aromatic nitrogens is 1. The fourth-order valence-corrected chi connectivity index (χ4v) is 4.46. The summed E-state index contributed by atoms with van der Waals surface area (Å²) < 4.78 is 6.08. The van der Waals surface area contributed by atoms with Crippen LogP contribution < -0.4 is 5.32 Å². The number of benzene rings is 2. The number of aromatic hydroxyl groups is 1. The summed E-state index contributed by atoms with van der Waals surface area (Å²) in [5, 5.41) is 14.3. The highest BCUT2D eigenvalue weighted by Crippen LogP contribution is 2.37. The normalized spacial score (nSPS) is 14.1. The first-order valence-corrected chi connectivity index (χ1v) is 11.3. The number of amides is 1. The van der Waals surface area contributed by atoms with E-state index in [1.807, 2.05) is 54.6 Å². The lowest BCUT2D eigenvalue weighted by Crippen LogP contribution is -2.33. The molecule has 1 aliphatic heterocycles. The maximum Gasteiger partial charge on any atom is 0.251 e. The van der Waals surface area contributed by atoms with Crippen molar-refractivity contribution >= 4 is 22.4 Å². The summed E-state index contributed by atoms with van der Waals surface area (Å²) in [6.07, 6.45) is 2.49. The van der Waals surface area contributed by atoms with Crippen molar-refractivity contribution in [1.29, 1.82) is 0 Å². The summed E-state index contributed by atoms with van der Waals surface area (Å²) in [7, 11) is 0. The summed E-state index contributed by atoms with van der Waals surface area (Å²) in [4.78, 5) is 18.0. The molecule has 2 aromatic carbocycles. The number of aromatic amines is 1. The largest absolute Gasteiger partial charge is 0.494 e. The standard InChI is InChI=1S/C27H27N3O3/c1-18(25-21-9-2-3-10-22(21)29-27(25)32)23-11-12-24(33-23)19-7-6-8-20(17-19)26(31)28-13-16-30-14-4-5-15-30/h2-3,6-12,17,29,32H,1,4-5,13-16H2,(H,28,31). The van der Waals surface area contributed by atoms with Crippen LogP contribution in [0.1, 0.15) is 34.5 Å². The minimum absolute atomic E-state index is 0.0618. The molecule has 33 heavy (non-hydrogen) atoms. The molecular formula is C27H27N3O3. The fraction of sp³-hybridized carbons (Fsp3) is 0.222. The van der Waals surface area contributed by atoms with Gasteiger partial charge < -0.3 is 24.7 Å². The van der Waals surface area contributed by atoms with Gasteiger partial charge in [-0.05, 0) is 56.3 Å². The van der Waals surface area contributed by atoms with E-state index in [2.05, 4.69) is 21.8 Å². The van der Waals surface area contributed by atoms with Gasteiger partial charge in [-0.1, -0.05) is 36.9 Å². The molecule has 1 fully saturated rings. The molecule has 0 unspecified atom stereocenters. The molecule has 5 rings (SSSR count). The third-order valence-corrected chi connectivity index (χ3v) is 6.21. The van der Waals surface area contributed by atoms with Crippen molar-refractivity contribution in [3.05, 3.63) is 84.1 Å². The van der Waals surface area contributed by atoms with Gasteiger partial charge >= 0.3 is 0 Å². The topological polar surface area (TPSA) is 81.5 Å². The van der Waals surface area contributed by atoms with E-state index in [0.717, 1.165) is 36.1 Å². The van der Waals surface area contributed by atoms with Crippen LogP contribution in [0.15, 0.2) is 71.7 Å². The van der Waals surface area contributed by atoms with Crippen molar-refractivity contribution < 1.29 is 14.3 Å². The number of hydrogen-bond donors (Lipinski definition) is 3. The molecule has 0 bridgehead atoms. The number of para-hydroxylation sites is 1. The van der Waals surface area contributed by atoms with E-state index in [1.54, 1.807) is 6.07 Å². The lowest BCUT2D eigenvalue weighted by molar-refractivity contribution is 0.0950. The van der Waals surface area contributed by atoms with Gasteiger partial charge in [-0.3, -0.25) is 4.79 Å². The molecule has 0 aliphatic carbocycles. The molecule has 0 atom stereocenters. The highest BCUT2D eigenvalue weighted by atomic mass is 16.3. The monoisotopic (exact) mass is 441 g/mol. The maximum atomic E-state index is 12.6. The third-order valence-electron chi connectivity index (χ3n) is 6.21. The summed E-state index contributed by atoms with van der Waals surface area (Å²) in [6.45, 7) is 7.92. The first kappa shape index (κ1) is 21.1. The molecule has 6 nitrogen and oxygen atoms in total. The van der Waals surface area contributed by atoms with Crippen LogP contribution in [0.3, 0.4) is 0 Å². The highest BCUT2D eigenvalue weighted by molar-refractivity contribution is 5.98. The molecule has 1 amide bonds. The highest BCUT2D eigenvalue weighted by Gasteiger charge is 2.18. The van der Waals surface area contributed by atoms with Gasteiger partial charge in [0, 0.05) is 40.7 Å². The molecule has 1 aliphatic rings. The fourth-order valence-electron chi connectivity index (χ4n) is 4.46. The van der Waals surface area contributed by atoms with Crippen molar-refractivity contribution in [3.8, 4) is 17.2 Å². The molecule has 4 aromatic rings. The Morgan fingerprint density at radius 1 is 1.09 bits per heavy atom. The SMILES string of the molecule is C=C(c1ccc(-c2cccc(C(=O)NCCN3CCCC3)c2)o1)c1c(O)[nH]c2ccccc12. The lowest BCUT2D eigenvalue weighted by atomic mass is 10.0. The van der Waals surface area contributed by atoms with E-state index in [-0.39, 0.29) is 11.8 Å². The van der Waals surface area contributed by atoms with Crippen molar-refractivity contribution in [1.82, 2.24) is 15.2 Å². The van der Waals surface area contributed by atoms with Crippen molar-refractivity contribution in [2.75, 3.05) is 26.2 Å². The van der Waals surface area contributed by atoms with Gasteiger partial charge in [0.2, 0.25) is 0 Å². The number of carbonyl (C=O) groups excluding carboxylic acids is 1.